The summed E-state index contributed by atoms with van der Waals surface area (Å²) in [5.41, 5.74) is 3.50. The van der Waals surface area contributed by atoms with E-state index in [1.807, 2.05) is 18.8 Å². The van der Waals surface area contributed by atoms with Crippen LogP contribution in [0.2, 0.25) is 10.0 Å². The number of aromatic amines is 1. The van der Waals surface area contributed by atoms with Crippen LogP contribution in [-0.4, -0.2) is 31.3 Å². The number of carbonyl (C=O) groups excluding carboxylic acids is 1. The molecule has 1 atom stereocenters. The molecule has 12 nitrogen and oxygen atoms in total. The molecule has 38 heavy (non-hydrogen) atoms. The first-order chi connectivity index (χ1) is 17.8. The Morgan fingerprint density at radius 1 is 1.16 bits per heavy atom. The molecule has 0 aliphatic heterocycles. The number of carbonyl (C=O) groups is 1. The Balaban J connectivity index is 1.99. The zero-order valence-electron chi connectivity index (χ0n) is 20.8. The Hall–Kier alpha value is -3.92. The predicted molar refractivity (Wildman–Crippen MR) is 139 cm³/mol. The molecule has 0 fully saturated rings. The van der Waals surface area contributed by atoms with Gasteiger partial charge in [-0.2, -0.15) is 9.94 Å². The van der Waals surface area contributed by atoms with Crippen LogP contribution in [-0.2, 0) is 16.3 Å². The van der Waals surface area contributed by atoms with Gasteiger partial charge in [-0.1, -0.05) is 50.9 Å². The number of halogens is 2. The number of hydrogen-bond donors (Lipinski definition) is 2. The second kappa shape index (κ2) is 11.6. The average molecular weight is 563 g/mol. The van der Waals surface area contributed by atoms with Gasteiger partial charge in [0.2, 0.25) is 5.69 Å². The summed E-state index contributed by atoms with van der Waals surface area (Å²) in [5, 5.41) is 12.7. The fourth-order valence-electron chi connectivity index (χ4n) is 3.23. The largest absolute Gasteiger partial charge is 0.453 e. The second-order valence-electron chi connectivity index (χ2n) is 8.90. The quantitative estimate of drug-likeness (QED) is 0.390. The van der Waals surface area contributed by atoms with E-state index < -0.39 is 35.7 Å². The second-order valence-corrected chi connectivity index (χ2v) is 9.71. The van der Waals surface area contributed by atoms with Crippen molar-refractivity contribution >= 4 is 29.2 Å². The lowest BCUT2D eigenvalue weighted by Gasteiger charge is -2.18. The van der Waals surface area contributed by atoms with Crippen LogP contribution in [0.1, 0.15) is 44.9 Å². The number of benzene rings is 1. The van der Waals surface area contributed by atoms with E-state index in [4.69, 9.17) is 43.7 Å². The lowest BCUT2D eigenvalue weighted by molar-refractivity contribution is -0.150. The molecule has 0 unspecified atom stereocenters. The number of nitrogens with one attached hydrogen (secondary N) is 1. The molecule has 0 aliphatic carbocycles. The standard InChI is InChI=1S/C24H24Cl2N6O6/c1-11(2)15-7-14(9-31(22(15)34)10-37-23(35)19(28)12(3)4)38-20-16(25)5-13(6-17(20)26)32-24(36)29-21(33)18(8-27)30-32/h5-7,9,11-12,19H,10,28H2,1-4H3,(H,29,33,36)/t19-/m0/s1. The first kappa shape index (κ1) is 28.6. The van der Waals surface area contributed by atoms with Gasteiger partial charge in [-0.15, -0.1) is 5.10 Å². The minimum Gasteiger partial charge on any atom is -0.453 e. The van der Waals surface area contributed by atoms with Crippen LogP contribution in [0.15, 0.2) is 38.8 Å². The molecule has 3 aromatic rings. The predicted octanol–water partition coefficient (Wildman–Crippen LogP) is 2.66. The lowest BCUT2D eigenvalue weighted by Crippen LogP contribution is -2.38. The van der Waals surface area contributed by atoms with Gasteiger partial charge in [0.25, 0.3) is 11.1 Å². The molecule has 2 aromatic heterocycles. The zero-order chi connectivity index (χ0) is 28.3. The molecule has 3 N–H and O–H groups in total. The van der Waals surface area contributed by atoms with Gasteiger partial charge in [-0.05, 0) is 30.0 Å². The van der Waals surface area contributed by atoms with Gasteiger partial charge in [0, 0.05) is 5.56 Å². The van der Waals surface area contributed by atoms with E-state index in [0.29, 0.717) is 5.56 Å². The van der Waals surface area contributed by atoms with Crippen molar-refractivity contribution in [1.29, 1.82) is 5.26 Å². The highest BCUT2D eigenvalue weighted by molar-refractivity contribution is 6.37. The van der Waals surface area contributed by atoms with Crippen molar-refractivity contribution in [2.24, 2.45) is 11.7 Å². The monoisotopic (exact) mass is 562 g/mol. The lowest BCUT2D eigenvalue weighted by atomic mass is 10.1. The molecule has 2 heterocycles. The van der Waals surface area contributed by atoms with Crippen LogP contribution < -0.4 is 27.3 Å². The molecule has 200 valence electrons. The molecule has 0 bridgehead atoms. The summed E-state index contributed by atoms with van der Waals surface area (Å²) in [5.74, 6) is -0.849. The van der Waals surface area contributed by atoms with Crippen LogP contribution in [0, 0.1) is 17.2 Å². The molecule has 0 amide bonds. The Morgan fingerprint density at radius 2 is 1.79 bits per heavy atom. The summed E-state index contributed by atoms with van der Waals surface area (Å²) < 4.78 is 13.0. The Labute approximate surface area is 226 Å². The SMILES string of the molecule is CC(C)c1cc(Oc2c(Cl)cc(-n3nc(C#N)c(=O)[nH]c3=O)cc2Cl)cn(COC(=O)[C@@H](N)C(C)C)c1=O. The van der Waals surface area contributed by atoms with Gasteiger partial charge < -0.3 is 15.2 Å². The molecular formula is C24H24Cl2N6O6. The number of nitrogens with two attached hydrogens (primary N) is 1. The topological polar surface area (TPSA) is 175 Å². The van der Waals surface area contributed by atoms with Crippen LogP contribution in [0.25, 0.3) is 5.69 Å². The summed E-state index contributed by atoms with van der Waals surface area (Å²) >= 11 is 12.8. The molecule has 0 aliphatic rings. The molecule has 3 rings (SSSR count). The van der Waals surface area contributed by atoms with E-state index in [0.717, 1.165) is 4.68 Å². The maximum atomic E-state index is 12.9. The number of pyridine rings is 1. The Bertz CT molecular complexity index is 1580. The highest BCUT2D eigenvalue weighted by Gasteiger charge is 2.21. The van der Waals surface area contributed by atoms with Crippen molar-refractivity contribution in [3.05, 3.63) is 76.9 Å². The van der Waals surface area contributed by atoms with Gasteiger partial charge in [-0.3, -0.25) is 23.9 Å². The number of esters is 1. The van der Waals surface area contributed by atoms with Gasteiger partial charge in [-0.25, -0.2) is 4.79 Å². The van der Waals surface area contributed by atoms with Gasteiger partial charge in [0.1, 0.15) is 17.9 Å². The van der Waals surface area contributed by atoms with Gasteiger partial charge in [0.05, 0.1) is 21.9 Å². The van der Waals surface area contributed by atoms with Crippen LogP contribution in [0.3, 0.4) is 0 Å². The van der Waals surface area contributed by atoms with Crippen molar-refractivity contribution in [3.8, 4) is 23.3 Å². The Morgan fingerprint density at radius 3 is 2.34 bits per heavy atom. The minimum atomic E-state index is -0.932. The molecular weight excluding hydrogens is 539 g/mol. The van der Waals surface area contributed by atoms with Crippen molar-refractivity contribution in [2.45, 2.75) is 46.4 Å². The molecule has 0 saturated carbocycles. The van der Waals surface area contributed by atoms with E-state index in [2.05, 4.69) is 5.10 Å². The van der Waals surface area contributed by atoms with Crippen LogP contribution in [0.5, 0.6) is 11.5 Å². The maximum absolute atomic E-state index is 12.9. The zero-order valence-corrected chi connectivity index (χ0v) is 22.3. The average Bonchev–Trinajstić information content (AvgIpc) is 2.85. The summed E-state index contributed by atoms with van der Waals surface area (Å²) in [6.07, 6.45) is 1.33. The number of nitriles is 1. The van der Waals surface area contributed by atoms with Crippen LogP contribution >= 0.6 is 23.2 Å². The number of hydrogen-bond acceptors (Lipinski definition) is 9. The van der Waals surface area contributed by atoms with E-state index in [9.17, 15) is 19.2 Å². The first-order valence-corrected chi connectivity index (χ1v) is 12.1. The first-order valence-electron chi connectivity index (χ1n) is 11.3. The van der Waals surface area contributed by atoms with Gasteiger partial charge >= 0.3 is 11.7 Å². The third kappa shape index (κ3) is 6.13. The van der Waals surface area contributed by atoms with E-state index in [1.165, 1.54) is 29.0 Å². The number of aromatic nitrogens is 4. The van der Waals surface area contributed by atoms with E-state index in [1.54, 1.807) is 19.9 Å². The summed E-state index contributed by atoms with van der Waals surface area (Å²) in [6.45, 7) is 6.77. The summed E-state index contributed by atoms with van der Waals surface area (Å²) in [6, 6.07) is 4.85. The molecule has 0 saturated heterocycles. The third-order valence-corrected chi connectivity index (χ3v) is 5.99. The third-order valence-electron chi connectivity index (χ3n) is 5.43. The number of nitrogens with zero attached hydrogens (tertiary/aromatic N) is 4. The minimum absolute atomic E-state index is 0.00575. The Kier molecular flexibility index (Phi) is 8.78. The van der Waals surface area contributed by atoms with Crippen molar-refractivity contribution in [1.82, 2.24) is 19.3 Å². The fraction of sp³-hybridized carbons (Fsp3) is 0.333. The summed E-state index contributed by atoms with van der Waals surface area (Å²) in [7, 11) is 0. The fourth-order valence-corrected chi connectivity index (χ4v) is 3.78. The highest BCUT2D eigenvalue weighted by Crippen LogP contribution is 2.38. The van der Waals surface area contributed by atoms with Gasteiger partial charge in [0.15, 0.2) is 12.5 Å². The van der Waals surface area contributed by atoms with Crippen LogP contribution in [0.4, 0.5) is 0 Å². The maximum Gasteiger partial charge on any atom is 0.349 e. The number of H-pyrrole nitrogens is 1. The van der Waals surface area contributed by atoms with E-state index in [-0.39, 0.29) is 44.6 Å². The summed E-state index contributed by atoms with van der Waals surface area (Å²) in [4.78, 5) is 50.9. The molecule has 0 radical (unpaired) electrons. The number of ether oxygens (including phenoxy) is 2. The van der Waals surface area contributed by atoms with Crippen molar-refractivity contribution in [2.75, 3.05) is 0 Å². The highest BCUT2D eigenvalue weighted by atomic mass is 35.5. The molecule has 0 spiro atoms. The molecule has 14 heteroatoms. The van der Waals surface area contributed by atoms with E-state index >= 15 is 0 Å². The van der Waals surface area contributed by atoms with Crippen molar-refractivity contribution in [3.63, 3.8) is 0 Å². The smallest absolute Gasteiger partial charge is 0.349 e. The number of rotatable bonds is 8. The normalized spacial score (nSPS) is 11.9. The molecule has 1 aromatic carbocycles. The van der Waals surface area contributed by atoms with Crippen molar-refractivity contribution < 1.29 is 14.3 Å².